The maximum absolute atomic E-state index is 11.6. The molecule has 1 heterocycles. The molecule has 2 aliphatic rings. The third-order valence-electron chi connectivity index (χ3n) is 2.92. The molecule has 0 amide bonds. The predicted octanol–water partition coefficient (Wildman–Crippen LogP) is 1.40. The van der Waals surface area contributed by atoms with E-state index in [-0.39, 0.29) is 0 Å². The average Bonchev–Trinajstić information content (AvgIpc) is 1.90. The number of hydrogen-bond acceptors (Lipinski definition) is 1. The molecule has 1 unspecified atom stereocenters. The summed E-state index contributed by atoms with van der Waals surface area (Å²) in [7, 11) is -0.644. The van der Waals surface area contributed by atoms with Crippen molar-refractivity contribution in [3.63, 3.8) is 0 Å². The van der Waals surface area contributed by atoms with Gasteiger partial charge in [0.2, 0.25) is 0 Å². The standard InChI is InChI=1S/C9H17NOS/c1-8-5-10(6-8)12(11)7-9-3-2-4-9/h8-9H,2-7H2,1H3. The third kappa shape index (κ3) is 1.72. The first-order valence-corrected chi connectivity index (χ1v) is 6.16. The fourth-order valence-corrected chi connectivity index (χ4v) is 3.56. The highest BCUT2D eigenvalue weighted by atomic mass is 32.2. The number of rotatable bonds is 3. The monoisotopic (exact) mass is 187 g/mol. The van der Waals surface area contributed by atoms with Crippen molar-refractivity contribution in [1.29, 1.82) is 0 Å². The van der Waals surface area contributed by atoms with Crippen LogP contribution in [0.4, 0.5) is 0 Å². The molecule has 0 bridgehead atoms. The van der Waals surface area contributed by atoms with Gasteiger partial charge in [-0.1, -0.05) is 13.3 Å². The van der Waals surface area contributed by atoms with Crippen molar-refractivity contribution >= 4 is 11.0 Å². The van der Waals surface area contributed by atoms with Crippen molar-refractivity contribution in [3.8, 4) is 0 Å². The molecule has 70 valence electrons. The van der Waals surface area contributed by atoms with Crippen molar-refractivity contribution in [1.82, 2.24) is 4.31 Å². The van der Waals surface area contributed by atoms with E-state index in [0.717, 1.165) is 30.7 Å². The van der Waals surface area contributed by atoms with Gasteiger partial charge in [0.25, 0.3) is 0 Å². The molecule has 3 heteroatoms. The summed E-state index contributed by atoms with van der Waals surface area (Å²) < 4.78 is 13.7. The van der Waals surface area contributed by atoms with Crippen molar-refractivity contribution < 1.29 is 4.21 Å². The van der Waals surface area contributed by atoms with E-state index in [0.29, 0.717) is 0 Å². The fraction of sp³-hybridized carbons (Fsp3) is 1.00. The molecule has 2 fully saturated rings. The number of hydrogen-bond donors (Lipinski definition) is 0. The Morgan fingerprint density at radius 3 is 2.50 bits per heavy atom. The van der Waals surface area contributed by atoms with E-state index >= 15 is 0 Å². The van der Waals surface area contributed by atoms with Crippen LogP contribution in [-0.2, 0) is 11.0 Å². The van der Waals surface area contributed by atoms with E-state index in [9.17, 15) is 4.21 Å². The maximum atomic E-state index is 11.6. The lowest BCUT2D eigenvalue weighted by atomic mass is 9.87. The highest BCUT2D eigenvalue weighted by molar-refractivity contribution is 7.82. The largest absolute Gasteiger partial charge is 0.243 e. The summed E-state index contributed by atoms with van der Waals surface area (Å²) in [5.41, 5.74) is 0. The Morgan fingerprint density at radius 1 is 1.42 bits per heavy atom. The average molecular weight is 187 g/mol. The van der Waals surface area contributed by atoms with Crippen LogP contribution in [0.1, 0.15) is 26.2 Å². The molecule has 0 N–H and O–H groups in total. The van der Waals surface area contributed by atoms with Gasteiger partial charge in [-0.15, -0.1) is 0 Å². The summed E-state index contributed by atoms with van der Waals surface area (Å²) in [6.07, 6.45) is 3.99. The van der Waals surface area contributed by atoms with E-state index < -0.39 is 11.0 Å². The van der Waals surface area contributed by atoms with Crippen LogP contribution in [0.15, 0.2) is 0 Å². The van der Waals surface area contributed by atoms with E-state index in [2.05, 4.69) is 11.2 Å². The second kappa shape index (κ2) is 3.46. The van der Waals surface area contributed by atoms with Gasteiger partial charge >= 0.3 is 0 Å². The van der Waals surface area contributed by atoms with Crippen molar-refractivity contribution in [2.24, 2.45) is 11.8 Å². The zero-order chi connectivity index (χ0) is 8.55. The molecule has 12 heavy (non-hydrogen) atoms. The highest BCUT2D eigenvalue weighted by Crippen LogP contribution is 2.28. The highest BCUT2D eigenvalue weighted by Gasteiger charge is 2.29. The van der Waals surface area contributed by atoms with Crippen LogP contribution in [0.25, 0.3) is 0 Å². The minimum absolute atomic E-state index is 0.644. The van der Waals surface area contributed by atoms with Gasteiger partial charge in [0.05, 0.1) is 11.0 Å². The SMILES string of the molecule is CC1CN(S(=O)CC2CCC2)C1. The first-order chi connectivity index (χ1) is 5.75. The van der Waals surface area contributed by atoms with Gasteiger partial charge in [0.15, 0.2) is 0 Å². The van der Waals surface area contributed by atoms with Gasteiger partial charge in [0, 0.05) is 18.8 Å². The second-order valence-corrected chi connectivity index (χ2v) is 5.73. The van der Waals surface area contributed by atoms with Gasteiger partial charge in [0.1, 0.15) is 0 Å². The minimum atomic E-state index is -0.644. The maximum Gasteiger partial charge on any atom is 0.0945 e. The topological polar surface area (TPSA) is 20.3 Å². The Labute approximate surface area is 76.9 Å². The summed E-state index contributed by atoms with van der Waals surface area (Å²) in [5, 5.41) is 0. The molecule has 1 saturated carbocycles. The number of nitrogens with zero attached hydrogens (tertiary/aromatic N) is 1. The van der Waals surface area contributed by atoms with E-state index in [4.69, 9.17) is 0 Å². The van der Waals surface area contributed by atoms with E-state index in [1.807, 2.05) is 0 Å². The predicted molar refractivity (Wildman–Crippen MR) is 51.1 cm³/mol. The Hall–Kier alpha value is 0.110. The van der Waals surface area contributed by atoms with Gasteiger partial charge < -0.3 is 0 Å². The quantitative estimate of drug-likeness (QED) is 0.654. The molecular weight excluding hydrogens is 170 g/mol. The lowest BCUT2D eigenvalue weighted by Gasteiger charge is -2.37. The summed E-state index contributed by atoms with van der Waals surface area (Å²) in [5.74, 6) is 2.49. The first kappa shape index (κ1) is 8.70. The molecule has 2 nitrogen and oxygen atoms in total. The fourth-order valence-electron chi connectivity index (χ4n) is 1.77. The Balaban J connectivity index is 1.70. The first-order valence-electron chi connectivity index (χ1n) is 4.89. The molecular formula is C9H17NOS. The third-order valence-corrected chi connectivity index (χ3v) is 4.55. The summed E-state index contributed by atoms with van der Waals surface area (Å²) in [6, 6.07) is 0. The summed E-state index contributed by atoms with van der Waals surface area (Å²) >= 11 is 0. The van der Waals surface area contributed by atoms with Crippen molar-refractivity contribution in [2.45, 2.75) is 26.2 Å². The van der Waals surface area contributed by atoms with Crippen LogP contribution in [0.3, 0.4) is 0 Å². The van der Waals surface area contributed by atoms with Crippen LogP contribution >= 0.6 is 0 Å². The van der Waals surface area contributed by atoms with E-state index in [1.165, 1.54) is 19.3 Å². The molecule has 1 aliphatic carbocycles. The minimum Gasteiger partial charge on any atom is -0.243 e. The molecule has 0 radical (unpaired) electrons. The molecule has 1 saturated heterocycles. The van der Waals surface area contributed by atoms with E-state index in [1.54, 1.807) is 0 Å². The van der Waals surface area contributed by atoms with Crippen LogP contribution in [0.2, 0.25) is 0 Å². The second-order valence-electron chi connectivity index (χ2n) is 4.24. The zero-order valence-corrected chi connectivity index (χ0v) is 8.48. The van der Waals surface area contributed by atoms with Gasteiger partial charge in [-0.2, -0.15) is 0 Å². The van der Waals surface area contributed by atoms with Crippen molar-refractivity contribution in [2.75, 3.05) is 18.8 Å². The molecule has 0 aromatic rings. The van der Waals surface area contributed by atoms with Crippen LogP contribution in [0, 0.1) is 11.8 Å². The Kier molecular flexibility index (Phi) is 2.51. The van der Waals surface area contributed by atoms with Gasteiger partial charge in [-0.05, 0) is 24.7 Å². The van der Waals surface area contributed by atoms with Gasteiger partial charge in [-0.3, -0.25) is 0 Å². The van der Waals surface area contributed by atoms with Crippen LogP contribution < -0.4 is 0 Å². The molecule has 1 aliphatic heterocycles. The zero-order valence-electron chi connectivity index (χ0n) is 7.66. The molecule has 0 aromatic heterocycles. The summed E-state index contributed by atoms with van der Waals surface area (Å²) in [6.45, 7) is 4.33. The van der Waals surface area contributed by atoms with Crippen molar-refractivity contribution in [3.05, 3.63) is 0 Å². The Bertz CT molecular complexity index is 185. The molecule has 0 aromatic carbocycles. The Morgan fingerprint density at radius 2 is 2.08 bits per heavy atom. The van der Waals surface area contributed by atoms with Crippen LogP contribution in [-0.4, -0.2) is 27.4 Å². The summed E-state index contributed by atoms with van der Waals surface area (Å²) in [4.78, 5) is 0. The lowest BCUT2D eigenvalue weighted by Crippen LogP contribution is -2.47. The smallest absolute Gasteiger partial charge is 0.0945 e. The van der Waals surface area contributed by atoms with Crippen LogP contribution in [0.5, 0.6) is 0 Å². The lowest BCUT2D eigenvalue weighted by molar-refractivity contribution is 0.226. The van der Waals surface area contributed by atoms with Gasteiger partial charge in [-0.25, -0.2) is 8.51 Å². The molecule has 1 atom stereocenters. The molecule has 2 rings (SSSR count). The molecule has 0 spiro atoms. The normalized spacial score (nSPS) is 29.4.